The smallest absolute Gasteiger partial charge is 0.320 e. The number of hydrogen-bond acceptors (Lipinski definition) is 10. The Kier molecular flexibility index (Phi) is 7.10. The lowest BCUT2D eigenvalue weighted by Crippen LogP contribution is -2.59. The number of ether oxygens (including phenoxy) is 1. The number of pyridine rings is 1. The van der Waals surface area contributed by atoms with Gasteiger partial charge in [-0.2, -0.15) is 0 Å². The van der Waals surface area contributed by atoms with Gasteiger partial charge < -0.3 is 24.8 Å². The topological polar surface area (TPSA) is 137 Å². The van der Waals surface area contributed by atoms with Crippen LogP contribution in [0.3, 0.4) is 0 Å². The highest BCUT2D eigenvalue weighted by atomic mass is 32.2. The number of amides is 2. The molecule has 2 N–H and O–H groups in total. The van der Waals surface area contributed by atoms with E-state index >= 15 is 0 Å². The second kappa shape index (κ2) is 10.4. The van der Waals surface area contributed by atoms with Gasteiger partial charge in [-0.1, -0.05) is 11.3 Å². The molecule has 3 aromatic heterocycles. The number of imidazole rings is 1. The average molecular weight is 598 g/mol. The molecule has 2 amide bonds. The van der Waals surface area contributed by atoms with E-state index in [1.54, 1.807) is 17.4 Å². The molecule has 3 aliphatic rings. The first-order valence-corrected chi connectivity index (χ1v) is 15.2. The van der Waals surface area contributed by atoms with Crippen LogP contribution >= 0.6 is 11.3 Å². The Bertz CT molecular complexity index is 1510. The molecule has 40 heavy (non-hydrogen) atoms. The number of fused-ring (bicyclic) bond motifs is 1. The first kappa shape index (κ1) is 27.2. The summed E-state index contributed by atoms with van der Waals surface area (Å²) in [5.74, 6) is 0. The summed E-state index contributed by atoms with van der Waals surface area (Å²) in [5.41, 5.74) is 0.621. The predicted octanol–water partition coefficient (Wildman–Crippen LogP) is 1.00. The number of alkyl halides is 2. The van der Waals surface area contributed by atoms with E-state index < -0.39 is 27.0 Å². The van der Waals surface area contributed by atoms with Crippen LogP contribution in [0, 0.1) is 0 Å². The second-order valence-electron chi connectivity index (χ2n) is 10.3. The predicted molar refractivity (Wildman–Crippen MR) is 142 cm³/mol. The van der Waals surface area contributed by atoms with Gasteiger partial charge in [-0.3, -0.25) is 4.40 Å². The molecule has 0 bridgehead atoms. The summed E-state index contributed by atoms with van der Waals surface area (Å²) >= 11 is 0.727. The molecule has 0 unspecified atom stereocenters. The summed E-state index contributed by atoms with van der Waals surface area (Å²) in [5, 5.41) is 10.5. The van der Waals surface area contributed by atoms with Gasteiger partial charge in [-0.15, -0.1) is 10.2 Å². The molecule has 216 valence electrons. The number of nitrogens with zero attached hydrogens (tertiary/aromatic N) is 7. The number of hydrogen-bond donors (Lipinski definition) is 2. The number of aromatic nitrogens is 4. The van der Waals surface area contributed by atoms with Crippen LogP contribution in [0.15, 0.2) is 23.4 Å². The molecule has 0 aliphatic carbocycles. The van der Waals surface area contributed by atoms with Crippen LogP contribution in [-0.2, 0) is 14.8 Å². The zero-order valence-electron chi connectivity index (χ0n) is 21.7. The van der Waals surface area contributed by atoms with Gasteiger partial charge in [0.25, 0.3) is 6.43 Å². The van der Waals surface area contributed by atoms with Crippen molar-refractivity contribution < 1.29 is 26.7 Å². The molecule has 0 aromatic carbocycles. The lowest BCUT2D eigenvalue weighted by Gasteiger charge is -2.40. The van der Waals surface area contributed by atoms with Crippen LogP contribution in [0.2, 0.25) is 0 Å². The molecule has 6 heterocycles. The molecular weight excluding hydrogens is 568 g/mol. The maximum Gasteiger partial charge on any atom is 0.320 e. The minimum Gasteiger partial charge on any atom is -0.377 e. The monoisotopic (exact) mass is 597 g/mol. The number of halogens is 2. The minimum absolute atomic E-state index is 0.00279. The van der Waals surface area contributed by atoms with Crippen LogP contribution < -0.4 is 14.9 Å². The van der Waals surface area contributed by atoms with E-state index in [0.29, 0.717) is 56.3 Å². The van der Waals surface area contributed by atoms with E-state index in [0.717, 1.165) is 24.4 Å². The van der Waals surface area contributed by atoms with Crippen molar-refractivity contribution in [3.8, 4) is 10.7 Å². The maximum atomic E-state index is 13.5. The number of urea groups is 1. The van der Waals surface area contributed by atoms with Gasteiger partial charge in [0.15, 0.2) is 15.7 Å². The zero-order chi connectivity index (χ0) is 28.1. The standard InChI is InChI=1S/C23H29F2N9O4S2/c1-23(13-38-14-23)30-40(36,37)15-10-16(31-6-8-33(9-7-31)22(35)32-4-2-26-3-5-32)19-27-11-17(34(19)12-15)20-28-29-21(39-20)18(24)25/h10-12,18,26,30H,2-9,13-14H2,1H3. The molecule has 6 rings (SSSR count). The van der Waals surface area contributed by atoms with Crippen LogP contribution in [-0.4, -0.2) is 115 Å². The molecule has 17 heteroatoms. The number of carbonyl (C=O) groups is 1. The number of sulfonamides is 1. The van der Waals surface area contributed by atoms with Gasteiger partial charge >= 0.3 is 6.03 Å². The first-order chi connectivity index (χ1) is 19.1. The van der Waals surface area contributed by atoms with Crippen LogP contribution in [0.1, 0.15) is 18.4 Å². The van der Waals surface area contributed by atoms with Crippen LogP contribution in [0.4, 0.5) is 19.3 Å². The zero-order valence-corrected chi connectivity index (χ0v) is 23.3. The fourth-order valence-electron chi connectivity index (χ4n) is 5.05. The van der Waals surface area contributed by atoms with Gasteiger partial charge in [-0.05, 0) is 13.0 Å². The number of rotatable bonds is 6. The average Bonchev–Trinajstić information content (AvgIpc) is 3.59. The fourth-order valence-corrected chi connectivity index (χ4v) is 7.16. The Balaban J connectivity index is 1.34. The summed E-state index contributed by atoms with van der Waals surface area (Å²) in [6, 6.07) is 1.56. The highest BCUT2D eigenvalue weighted by Gasteiger charge is 2.38. The summed E-state index contributed by atoms with van der Waals surface area (Å²) in [6.07, 6.45) is 0.121. The molecule has 0 radical (unpaired) electrons. The SMILES string of the molecule is CC1(NS(=O)(=O)c2cc(N3CCN(C(=O)N4CCNCC4)CC3)c3ncc(-c4nnc(C(F)F)s4)n3c2)COC1. The second-order valence-corrected chi connectivity index (χ2v) is 13.0. The van der Waals surface area contributed by atoms with E-state index in [1.165, 1.54) is 12.4 Å². The van der Waals surface area contributed by atoms with E-state index in [1.807, 2.05) is 14.7 Å². The van der Waals surface area contributed by atoms with Crippen LogP contribution in [0.25, 0.3) is 16.3 Å². The number of piperazine rings is 2. The molecular formula is C23H29F2N9O4S2. The summed E-state index contributed by atoms with van der Waals surface area (Å²) < 4.78 is 62.9. The molecule has 3 fully saturated rings. The minimum atomic E-state index is -3.99. The van der Waals surface area contributed by atoms with E-state index in [2.05, 4.69) is 25.2 Å². The Morgan fingerprint density at radius 3 is 2.45 bits per heavy atom. The molecule has 3 saturated heterocycles. The van der Waals surface area contributed by atoms with Crippen molar-refractivity contribution in [2.75, 3.05) is 70.5 Å². The third-order valence-electron chi connectivity index (χ3n) is 7.22. The van der Waals surface area contributed by atoms with Gasteiger partial charge in [0.2, 0.25) is 10.0 Å². The third kappa shape index (κ3) is 5.11. The lowest BCUT2D eigenvalue weighted by atomic mass is 10.0. The first-order valence-electron chi connectivity index (χ1n) is 12.9. The molecule has 13 nitrogen and oxygen atoms in total. The Labute approximate surface area is 233 Å². The van der Waals surface area contributed by atoms with Gasteiger partial charge in [0.1, 0.15) is 10.6 Å². The Morgan fingerprint density at radius 1 is 1.12 bits per heavy atom. The molecule has 0 spiro atoms. The van der Waals surface area contributed by atoms with Gasteiger partial charge in [0.05, 0.1) is 30.6 Å². The number of carbonyl (C=O) groups excluding carboxylic acids is 1. The van der Waals surface area contributed by atoms with Crippen molar-refractivity contribution in [3.05, 3.63) is 23.5 Å². The van der Waals surface area contributed by atoms with E-state index in [-0.39, 0.29) is 29.1 Å². The molecule has 3 aromatic rings. The van der Waals surface area contributed by atoms with E-state index in [9.17, 15) is 22.0 Å². The van der Waals surface area contributed by atoms with Gasteiger partial charge in [-0.25, -0.2) is 31.7 Å². The number of anilines is 1. The third-order valence-corrected chi connectivity index (χ3v) is 9.78. The van der Waals surface area contributed by atoms with Crippen molar-refractivity contribution in [3.63, 3.8) is 0 Å². The quantitative estimate of drug-likeness (QED) is 0.427. The maximum absolute atomic E-state index is 13.5. The normalized spacial score (nSPS) is 19.9. The van der Waals surface area contributed by atoms with Crippen molar-refractivity contribution >= 4 is 38.7 Å². The van der Waals surface area contributed by atoms with Gasteiger partial charge in [0, 0.05) is 58.6 Å². The van der Waals surface area contributed by atoms with E-state index in [4.69, 9.17) is 4.74 Å². The van der Waals surface area contributed by atoms with Crippen molar-refractivity contribution in [2.24, 2.45) is 0 Å². The lowest BCUT2D eigenvalue weighted by molar-refractivity contribution is -0.0523. The fraction of sp³-hybridized carbons (Fsp3) is 0.565. The molecule has 0 atom stereocenters. The Morgan fingerprint density at radius 2 is 1.82 bits per heavy atom. The van der Waals surface area contributed by atoms with Crippen LogP contribution in [0.5, 0.6) is 0 Å². The molecule has 3 aliphatic heterocycles. The van der Waals surface area contributed by atoms with Crippen molar-refractivity contribution in [2.45, 2.75) is 23.8 Å². The largest absolute Gasteiger partial charge is 0.377 e. The highest BCUT2D eigenvalue weighted by Crippen LogP contribution is 2.34. The van der Waals surface area contributed by atoms with Crippen molar-refractivity contribution in [1.29, 1.82) is 0 Å². The summed E-state index contributed by atoms with van der Waals surface area (Å²) in [7, 11) is -3.99. The summed E-state index contributed by atoms with van der Waals surface area (Å²) in [6.45, 7) is 6.96. The summed E-state index contributed by atoms with van der Waals surface area (Å²) in [4.78, 5) is 23.1. The Hall–Kier alpha value is -2.99. The highest BCUT2D eigenvalue weighted by molar-refractivity contribution is 7.89. The number of nitrogens with one attached hydrogen (secondary N) is 2. The molecule has 0 saturated carbocycles. The van der Waals surface area contributed by atoms with Crippen molar-refractivity contribution in [1.82, 2.24) is 39.4 Å².